The van der Waals surface area contributed by atoms with E-state index in [4.69, 9.17) is 0 Å². The quantitative estimate of drug-likeness (QED) is 0.872. The molecule has 0 saturated carbocycles. The van der Waals surface area contributed by atoms with Crippen molar-refractivity contribution in [2.75, 3.05) is 7.05 Å². The molecule has 122 valence electrons. The maximum absolute atomic E-state index is 13.0. The molecule has 2 aromatic rings. The molecule has 0 bridgehead atoms. The fourth-order valence-corrected chi connectivity index (χ4v) is 3.94. The third kappa shape index (κ3) is 2.56. The Bertz CT molecular complexity index is 747. The minimum atomic E-state index is -0.165. The van der Waals surface area contributed by atoms with Crippen molar-refractivity contribution >= 4 is 5.91 Å². The number of likely N-dealkylation sites (N-methyl/N-ethyl adjacent to an activating group) is 1. The molecule has 0 spiro atoms. The molecule has 2 atom stereocenters. The highest BCUT2D eigenvalue weighted by Crippen LogP contribution is 2.36. The molecule has 0 saturated heterocycles. The molecule has 4 heteroatoms. The number of rotatable bonds is 3. The summed E-state index contributed by atoms with van der Waals surface area (Å²) >= 11 is 0. The van der Waals surface area contributed by atoms with E-state index < -0.39 is 0 Å². The largest absolute Gasteiger partial charge is 0.338 e. The third-order valence-electron chi connectivity index (χ3n) is 5.28. The van der Waals surface area contributed by atoms with Gasteiger partial charge in [-0.3, -0.25) is 9.48 Å². The molecule has 1 heterocycles. The number of nitrogens with zero attached hydrogens (tertiary/aromatic N) is 3. The molecular formula is C19H25N3O. The van der Waals surface area contributed by atoms with Crippen molar-refractivity contribution < 1.29 is 4.79 Å². The van der Waals surface area contributed by atoms with Gasteiger partial charge in [0.05, 0.1) is 17.7 Å². The van der Waals surface area contributed by atoms with Gasteiger partial charge in [-0.1, -0.05) is 24.3 Å². The van der Waals surface area contributed by atoms with Crippen LogP contribution in [0.2, 0.25) is 0 Å². The monoisotopic (exact) mass is 311 g/mol. The lowest BCUT2D eigenvalue weighted by Crippen LogP contribution is -2.33. The van der Waals surface area contributed by atoms with Gasteiger partial charge < -0.3 is 4.90 Å². The first-order valence-electron chi connectivity index (χ1n) is 8.26. The summed E-state index contributed by atoms with van der Waals surface area (Å²) in [7, 11) is 3.87. The number of amides is 1. The highest BCUT2D eigenvalue weighted by atomic mass is 16.2. The van der Waals surface area contributed by atoms with E-state index >= 15 is 0 Å². The first-order chi connectivity index (χ1) is 10.9. The second-order valence-electron chi connectivity index (χ2n) is 6.63. The fraction of sp³-hybridized carbons (Fsp3) is 0.474. The van der Waals surface area contributed by atoms with Gasteiger partial charge in [0.15, 0.2) is 0 Å². The van der Waals surface area contributed by atoms with Gasteiger partial charge in [-0.15, -0.1) is 0 Å². The van der Waals surface area contributed by atoms with Gasteiger partial charge in [-0.05, 0) is 44.7 Å². The first kappa shape index (κ1) is 15.8. The Labute approximate surface area is 138 Å². The Morgan fingerprint density at radius 2 is 2.04 bits per heavy atom. The van der Waals surface area contributed by atoms with Crippen molar-refractivity contribution in [2.45, 2.75) is 45.6 Å². The predicted molar refractivity (Wildman–Crippen MR) is 91.4 cm³/mol. The van der Waals surface area contributed by atoms with Crippen molar-refractivity contribution in [3.05, 3.63) is 52.3 Å². The summed E-state index contributed by atoms with van der Waals surface area (Å²) in [6.07, 6.45) is 2.07. The van der Waals surface area contributed by atoms with Crippen LogP contribution in [0, 0.1) is 13.8 Å². The summed E-state index contributed by atoms with van der Waals surface area (Å²) in [4.78, 5) is 15.0. The number of hydrogen-bond donors (Lipinski definition) is 0. The summed E-state index contributed by atoms with van der Waals surface area (Å²) in [5.41, 5.74) is 5.76. The minimum absolute atomic E-state index is 0.165. The van der Waals surface area contributed by atoms with Gasteiger partial charge >= 0.3 is 0 Å². The predicted octanol–water partition coefficient (Wildman–Crippen LogP) is 3.29. The Morgan fingerprint density at radius 1 is 1.35 bits per heavy atom. The lowest BCUT2D eigenvalue weighted by atomic mass is 9.96. The molecule has 1 amide bonds. The van der Waals surface area contributed by atoms with E-state index in [-0.39, 0.29) is 17.9 Å². The molecular weight excluding hydrogens is 286 g/mol. The molecule has 1 aromatic heterocycles. The van der Waals surface area contributed by atoms with Gasteiger partial charge in [0.25, 0.3) is 0 Å². The van der Waals surface area contributed by atoms with Crippen molar-refractivity contribution in [1.82, 2.24) is 14.7 Å². The van der Waals surface area contributed by atoms with Crippen LogP contribution in [0.1, 0.15) is 53.4 Å². The Morgan fingerprint density at radius 3 is 2.70 bits per heavy atom. The van der Waals surface area contributed by atoms with Crippen molar-refractivity contribution in [3.8, 4) is 0 Å². The van der Waals surface area contributed by atoms with Crippen LogP contribution < -0.4 is 0 Å². The van der Waals surface area contributed by atoms with Crippen LogP contribution in [0.5, 0.6) is 0 Å². The highest BCUT2D eigenvalue weighted by molar-refractivity contribution is 5.84. The molecule has 4 nitrogen and oxygen atoms in total. The number of carbonyl (C=O) groups excluding carboxylic acids is 1. The molecule has 0 fully saturated rings. The second kappa shape index (κ2) is 5.84. The fourth-order valence-electron chi connectivity index (χ4n) is 3.94. The summed E-state index contributed by atoms with van der Waals surface area (Å²) in [5, 5.41) is 4.45. The summed E-state index contributed by atoms with van der Waals surface area (Å²) in [6.45, 7) is 6.01. The van der Waals surface area contributed by atoms with E-state index in [1.807, 2.05) is 44.4 Å². The average Bonchev–Trinajstić information content (AvgIpc) is 3.07. The van der Waals surface area contributed by atoms with Gasteiger partial charge in [-0.25, -0.2) is 0 Å². The number of fused-ring (bicyclic) bond motifs is 1. The van der Waals surface area contributed by atoms with E-state index in [2.05, 4.69) is 29.4 Å². The smallest absolute Gasteiger partial charge is 0.230 e. The van der Waals surface area contributed by atoms with Crippen molar-refractivity contribution in [2.24, 2.45) is 7.05 Å². The standard InChI is InChI=1S/C19H25N3O/c1-12(18-13(2)20-22(5)14(18)3)19(23)21(4)17-11-10-15-8-6-7-9-16(15)17/h6-9,12,17H,10-11H2,1-5H3. The number of aryl methyl sites for hydroxylation is 3. The van der Waals surface area contributed by atoms with E-state index in [1.54, 1.807) is 0 Å². The van der Waals surface area contributed by atoms with Gasteiger partial charge in [0, 0.05) is 25.4 Å². The molecule has 2 unspecified atom stereocenters. The second-order valence-corrected chi connectivity index (χ2v) is 6.63. The number of hydrogen-bond acceptors (Lipinski definition) is 2. The Hall–Kier alpha value is -2.10. The minimum Gasteiger partial charge on any atom is -0.338 e. The first-order valence-corrected chi connectivity index (χ1v) is 8.26. The molecule has 1 aliphatic carbocycles. The lowest BCUT2D eigenvalue weighted by Gasteiger charge is -2.28. The van der Waals surface area contributed by atoms with E-state index in [0.717, 1.165) is 29.8 Å². The van der Waals surface area contributed by atoms with Gasteiger partial charge in [0.2, 0.25) is 5.91 Å². The normalized spacial score (nSPS) is 17.9. The van der Waals surface area contributed by atoms with Crippen molar-refractivity contribution in [3.63, 3.8) is 0 Å². The van der Waals surface area contributed by atoms with Crippen LogP contribution >= 0.6 is 0 Å². The van der Waals surface area contributed by atoms with Crippen molar-refractivity contribution in [1.29, 1.82) is 0 Å². The van der Waals surface area contributed by atoms with E-state index in [9.17, 15) is 4.79 Å². The van der Waals surface area contributed by atoms with E-state index in [0.29, 0.717) is 0 Å². The molecule has 1 aliphatic rings. The van der Waals surface area contributed by atoms with Gasteiger partial charge in [-0.2, -0.15) is 5.10 Å². The highest BCUT2D eigenvalue weighted by Gasteiger charge is 2.32. The van der Waals surface area contributed by atoms with Crippen LogP contribution in [0.15, 0.2) is 24.3 Å². The molecule has 0 aliphatic heterocycles. The zero-order chi connectivity index (χ0) is 16.7. The number of carbonyl (C=O) groups is 1. The van der Waals surface area contributed by atoms with Crippen LogP contribution in [-0.4, -0.2) is 27.6 Å². The summed E-state index contributed by atoms with van der Waals surface area (Å²) < 4.78 is 1.86. The summed E-state index contributed by atoms with van der Waals surface area (Å²) in [6, 6.07) is 8.66. The van der Waals surface area contributed by atoms with Crippen LogP contribution in [0.25, 0.3) is 0 Å². The lowest BCUT2D eigenvalue weighted by molar-refractivity contribution is -0.133. The molecule has 0 radical (unpaired) electrons. The Kier molecular flexibility index (Phi) is 4.00. The maximum atomic E-state index is 13.0. The average molecular weight is 311 g/mol. The Balaban J connectivity index is 1.86. The molecule has 1 aromatic carbocycles. The summed E-state index contributed by atoms with van der Waals surface area (Å²) in [5.74, 6) is 0.00682. The third-order valence-corrected chi connectivity index (χ3v) is 5.28. The van der Waals surface area contributed by atoms with E-state index in [1.165, 1.54) is 11.1 Å². The zero-order valence-corrected chi connectivity index (χ0v) is 14.6. The topological polar surface area (TPSA) is 38.1 Å². The molecule has 0 N–H and O–H groups in total. The van der Waals surface area contributed by atoms with Crippen LogP contribution in [0.4, 0.5) is 0 Å². The molecule has 23 heavy (non-hydrogen) atoms. The van der Waals surface area contributed by atoms with Crippen LogP contribution in [-0.2, 0) is 18.3 Å². The SMILES string of the molecule is Cc1nn(C)c(C)c1C(C)C(=O)N(C)C1CCc2ccccc21. The number of benzene rings is 1. The zero-order valence-electron chi connectivity index (χ0n) is 14.6. The van der Waals surface area contributed by atoms with Crippen LogP contribution in [0.3, 0.4) is 0 Å². The maximum Gasteiger partial charge on any atom is 0.230 e. The molecule has 3 rings (SSSR count). The number of aromatic nitrogens is 2. The van der Waals surface area contributed by atoms with Gasteiger partial charge in [0.1, 0.15) is 0 Å².